The quantitative estimate of drug-likeness (QED) is 0.824. The smallest absolute Gasteiger partial charge is 0.255 e. The van der Waals surface area contributed by atoms with Gasteiger partial charge in [-0.15, -0.1) is 0 Å². The van der Waals surface area contributed by atoms with Crippen molar-refractivity contribution in [1.29, 1.82) is 0 Å². The summed E-state index contributed by atoms with van der Waals surface area (Å²) in [6.45, 7) is 4.03. The lowest BCUT2D eigenvalue weighted by Crippen LogP contribution is -2.36. The molecule has 0 spiro atoms. The van der Waals surface area contributed by atoms with E-state index < -0.39 is 0 Å². The number of para-hydroxylation sites is 1. The largest absolute Gasteiger partial charge is 0.489 e. The summed E-state index contributed by atoms with van der Waals surface area (Å²) in [5.41, 5.74) is 0.606. The highest BCUT2D eigenvalue weighted by atomic mass is 16.5. The third-order valence-corrected chi connectivity index (χ3v) is 3.43. The summed E-state index contributed by atoms with van der Waals surface area (Å²) in [7, 11) is 0. The third-order valence-electron chi connectivity index (χ3n) is 3.43. The molecule has 3 nitrogen and oxygen atoms in total. The van der Waals surface area contributed by atoms with Crippen LogP contribution in [0.3, 0.4) is 0 Å². The van der Waals surface area contributed by atoms with Crippen LogP contribution in [0, 0.1) is 0 Å². The molecule has 0 heterocycles. The van der Waals surface area contributed by atoms with Crippen LogP contribution in [0.25, 0.3) is 0 Å². The Balaban J connectivity index is 2.02. The predicted octanol–water partition coefficient (Wildman–Crippen LogP) is 3.31. The topological polar surface area (TPSA) is 38.3 Å². The van der Waals surface area contributed by atoms with Crippen molar-refractivity contribution < 1.29 is 9.53 Å². The van der Waals surface area contributed by atoms with E-state index >= 15 is 0 Å². The van der Waals surface area contributed by atoms with Crippen molar-refractivity contribution in [1.82, 2.24) is 5.32 Å². The number of carbonyl (C=O) groups excluding carboxylic acids is 1. The molecule has 19 heavy (non-hydrogen) atoms. The maximum absolute atomic E-state index is 12.3. The Kier molecular flexibility index (Phi) is 5.01. The average molecular weight is 259 g/mol. The van der Waals surface area contributed by atoms with Crippen LogP contribution in [0.5, 0.6) is 5.75 Å². The highest BCUT2D eigenvalue weighted by molar-refractivity contribution is 5.97. The van der Waals surface area contributed by atoms with Gasteiger partial charge < -0.3 is 10.1 Å². The summed E-state index contributed by atoms with van der Waals surface area (Å²) in [5.74, 6) is 0.585. The van der Waals surface area contributed by atoms with Crippen molar-refractivity contribution >= 4 is 5.91 Å². The predicted molar refractivity (Wildman–Crippen MR) is 76.5 cm³/mol. The van der Waals surface area contributed by atoms with Crippen molar-refractivity contribution in [2.45, 2.75) is 38.1 Å². The first-order valence-electron chi connectivity index (χ1n) is 6.95. The van der Waals surface area contributed by atoms with Gasteiger partial charge in [0.1, 0.15) is 12.4 Å². The monoisotopic (exact) mass is 259 g/mol. The summed E-state index contributed by atoms with van der Waals surface area (Å²) in [6, 6.07) is 7.66. The van der Waals surface area contributed by atoms with E-state index in [1.54, 1.807) is 12.1 Å². The molecule has 0 saturated heterocycles. The van der Waals surface area contributed by atoms with Crippen LogP contribution in [0.1, 0.15) is 42.5 Å². The number of rotatable bonds is 5. The summed E-state index contributed by atoms with van der Waals surface area (Å²) >= 11 is 0. The van der Waals surface area contributed by atoms with E-state index in [-0.39, 0.29) is 5.91 Å². The molecule has 1 aliphatic rings. The minimum Gasteiger partial charge on any atom is -0.489 e. The number of amides is 1. The molecule has 0 atom stereocenters. The zero-order chi connectivity index (χ0) is 13.5. The van der Waals surface area contributed by atoms with Crippen LogP contribution in [0.2, 0.25) is 0 Å². The van der Waals surface area contributed by atoms with Crippen LogP contribution in [-0.2, 0) is 0 Å². The molecule has 1 fully saturated rings. The lowest BCUT2D eigenvalue weighted by Gasteiger charge is -2.23. The second kappa shape index (κ2) is 6.98. The fraction of sp³-hybridized carbons (Fsp3) is 0.438. The van der Waals surface area contributed by atoms with Crippen molar-refractivity contribution in [3.8, 4) is 5.75 Å². The van der Waals surface area contributed by atoms with Gasteiger partial charge in [-0.3, -0.25) is 4.79 Å². The van der Waals surface area contributed by atoms with Crippen LogP contribution in [0.15, 0.2) is 36.9 Å². The molecule has 1 aliphatic carbocycles. The van der Waals surface area contributed by atoms with Gasteiger partial charge in [-0.05, 0) is 25.0 Å². The molecule has 0 bridgehead atoms. The van der Waals surface area contributed by atoms with E-state index in [0.29, 0.717) is 24.0 Å². The number of hydrogen-bond acceptors (Lipinski definition) is 2. The van der Waals surface area contributed by atoms with Crippen LogP contribution in [0.4, 0.5) is 0 Å². The van der Waals surface area contributed by atoms with Crippen molar-refractivity contribution in [2.75, 3.05) is 6.61 Å². The maximum atomic E-state index is 12.3. The summed E-state index contributed by atoms with van der Waals surface area (Å²) in [4.78, 5) is 12.3. The highest BCUT2D eigenvalue weighted by Crippen LogP contribution is 2.21. The minimum atomic E-state index is -0.0356. The lowest BCUT2D eigenvalue weighted by atomic mass is 9.95. The summed E-state index contributed by atoms with van der Waals surface area (Å²) in [6.07, 6.45) is 7.54. The average Bonchev–Trinajstić information content (AvgIpc) is 2.46. The van der Waals surface area contributed by atoms with Gasteiger partial charge >= 0.3 is 0 Å². The van der Waals surface area contributed by atoms with E-state index in [1.807, 2.05) is 18.2 Å². The molecule has 1 aromatic rings. The second-order valence-electron chi connectivity index (χ2n) is 4.90. The number of nitrogens with one attached hydrogen (secondary N) is 1. The fourth-order valence-electron chi connectivity index (χ4n) is 2.44. The standard InChI is InChI=1S/C16H21NO2/c1-2-12-19-15-11-7-6-10-14(15)16(18)17-13-8-4-3-5-9-13/h2,6-7,10-11,13H,1,3-5,8-9,12H2,(H,17,18). The maximum Gasteiger partial charge on any atom is 0.255 e. The van der Waals surface area contributed by atoms with Crippen LogP contribution in [-0.4, -0.2) is 18.6 Å². The van der Waals surface area contributed by atoms with Gasteiger partial charge in [0.25, 0.3) is 5.91 Å². The summed E-state index contributed by atoms with van der Waals surface area (Å²) < 4.78 is 5.52. The van der Waals surface area contributed by atoms with Gasteiger partial charge in [0.2, 0.25) is 0 Å². The number of benzene rings is 1. The molecule has 0 radical (unpaired) electrons. The molecule has 1 amide bonds. The van der Waals surface area contributed by atoms with Gasteiger partial charge in [0, 0.05) is 6.04 Å². The lowest BCUT2D eigenvalue weighted by molar-refractivity contribution is 0.0924. The molecule has 0 aromatic heterocycles. The van der Waals surface area contributed by atoms with Crippen LogP contribution >= 0.6 is 0 Å². The van der Waals surface area contributed by atoms with Crippen molar-refractivity contribution in [3.05, 3.63) is 42.5 Å². The Hall–Kier alpha value is -1.77. The van der Waals surface area contributed by atoms with E-state index in [9.17, 15) is 4.79 Å². The molecule has 2 rings (SSSR count). The molecule has 1 N–H and O–H groups in total. The Bertz CT molecular complexity index is 436. The van der Waals surface area contributed by atoms with Gasteiger partial charge in [-0.25, -0.2) is 0 Å². The molecule has 1 saturated carbocycles. The zero-order valence-corrected chi connectivity index (χ0v) is 11.2. The molecule has 3 heteroatoms. The Morgan fingerprint density at radius 3 is 2.79 bits per heavy atom. The first-order valence-corrected chi connectivity index (χ1v) is 6.95. The molecular formula is C16H21NO2. The van der Waals surface area contributed by atoms with E-state index in [1.165, 1.54) is 19.3 Å². The molecule has 0 unspecified atom stereocenters. The van der Waals surface area contributed by atoms with Gasteiger partial charge in [-0.1, -0.05) is 44.1 Å². The van der Waals surface area contributed by atoms with E-state index in [2.05, 4.69) is 11.9 Å². The van der Waals surface area contributed by atoms with Gasteiger partial charge in [0.05, 0.1) is 5.56 Å². The van der Waals surface area contributed by atoms with Gasteiger partial charge in [-0.2, -0.15) is 0 Å². The van der Waals surface area contributed by atoms with E-state index in [4.69, 9.17) is 4.74 Å². The van der Waals surface area contributed by atoms with Crippen molar-refractivity contribution in [3.63, 3.8) is 0 Å². The normalized spacial score (nSPS) is 15.8. The minimum absolute atomic E-state index is 0.0356. The second-order valence-corrected chi connectivity index (χ2v) is 4.90. The third kappa shape index (κ3) is 3.85. The molecule has 102 valence electrons. The zero-order valence-electron chi connectivity index (χ0n) is 11.2. The number of carbonyl (C=O) groups is 1. The Morgan fingerprint density at radius 2 is 2.05 bits per heavy atom. The van der Waals surface area contributed by atoms with Crippen molar-refractivity contribution in [2.24, 2.45) is 0 Å². The first-order chi connectivity index (χ1) is 9.31. The van der Waals surface area contributed by atoms with Gasteiger partial charge in [0.15, 0.2) is 0 Å². The number of hydrogen-bond donors (Lipinski definition) is 1. The highest BCUT2D eigenvalue weighted by Gasteiger charge is 2.18. The van der Waals surface area contributed by atoms with E-state index in [0.717, 1.165) is 12.8 Å². The molecular weight excluding hydrogens is 238 g/mol. The Labute approximate surface area is 114 Å². The van der Waals surface area contributed by atoms with Crippen LogP contribution < -0.4 is 10.1 Å². The molecule has 0 aliphatic heterocycles. The Morgan fingerprint density at radius 1 is 1.32 bits per heavy atom. The molecule has 1 aromatic carbocycles. The first kappa shape index (κ1) is 13.7. The number of ether oxygens (including phenoxy) is 1. The fourth-order valence-corrected chi connectivity index (χ4v) is 2.44. The SMILES string of the molecule is C=CCOc1ccccc1C(=O)NC1CCCCC1. The summed E-state index contributed by atoms with van der Waals surface area (Å²) in [5, 5.41) is 3.11.